The van der Waals surface area contributed by atoms with Gasteiger partial charge >= 0.3 is 6.18 Å². The minimum Gasteiger partial charge on any atom is -0.616 e. The molecule has 2 rings (SSSR count). The normalized spacial score (nSPS) is 12.9. The van der Waals surface area contributed by atoms with Gasteiger partial charge in [-0.05, 0) is 18.2 Å². The molecule has 0 aliphatic rings. The second-order valence-corrected chi connectivity index (χ2v) is 6.88. The minimum absolute atomic E-state index is 0.110. The molecule has 0 saturated carbocycles. The van der Waals surface area contributed by atoms with E-state index in [4.69, 9.17) is 4.74 Å². The van der Waals surface area contributed by atoms with Gasteiger partial charge in [-0.1, -0.05) is 17.2 Å². The Morgan fingerprint density at radius 1 is 1.28 bits per heavy atom. The zero-order chi connectivity index (χ0) is 18.8. The first-order chi connectivity index (χ1) is 11.6. The standard InChI is InChI=1S/C16H15F4NO3S/c1-21-7-11(6-13(17)15(21)22)12-5-10(8-25(2)23)3-4-14(12)24-9-16(18,19)20/h3-7H,8-9H2,1-2H3. The lowest BCUT2D eigenvalue weighted by Gasteiger charge is -2.15. The van der Waals surface area contributed by atoms with E-state index in [1.54, 1.807) is 0 Å². The summed E-state index contributed by atoms with van der Waals surface area (Å²) in [4.78, 5) is 11.5. The average molecular weight is 377 g/mol. The number of rotatable bonds is 5. The number of hydrogen-bond acceptors (Lipinski definition) is 3. The summed E-state index contributed by atoms with van der Waals surface area (Å²) in [7, 11) is 1.33. The average Bonchev–Trinajstić information content (AvgIpc) is 2.49. The maximum absolute atomic E-state index is 13.7. The summed E-state index contributed by atoms with van der Waals surface area (Å²) in [6, 6.07) is 5.22. The van der Waals surface area contributed by atoms with Crippen LogP contribution in [0.5, 0.6) is 5.75 Å². The molecule has 1 atom stereocenters. The van der Waals surface area contributed by atoms with Gasteiger partial charge < -0.3 is 13.9 Å². The van der Waals surface area contributed by atoms with Crippen LogP contribution in [0.1, 0.15) is 5.56 Å². The van der Waals surface area contributed by atoms with Crippen LogP contribution in [-0.4, -0.2) is 28.2 Å². The third-order valence-electron chi connectivity index (χ3n) is 3.26. The Morgan fingerprint density at radius 3 is 2.52 bits per heavy atom. The summed E-state index contributed by atoms with van der Waals surface area (Å²) in [5.41, 5.74) is 0.0963. The largest absolute Gasteiger partial charge is 0.616 e. The van der Waals surface area contributed by atoms with Crippen LogP contribution < -0.4 is 10.3 Å². The summed E-state index contributed by atoms with van der Waals surface area (Å²) >= 11 is -1.17. The quantitative estimate of drug-likeness (QED) is 0.595. The molecule has 0 radical (unpaired) electrons. The second kappa shape index (κ2) is 7.49. The molecule has 2 aromatic rings. The van der Waals surface area contributed by atoms with Gasteiger partial charge in [-0.2, -0.15) is 13.2 Å². The summed E-state index contributed by atoms with van der Waals surface area (Å²) in [6.45, 7) is -1.51. The predicted octanol–water partition coefficient (Wildman–Crippen LogP) is 3.01. The Hall–Kier alpha value is -2.00. The molecule has 1 unspecified atom stereocenters. The SMILES string of the molecule is Cn1cc(-c2cc(C[S+](C)[O-])ccc2OCC(F)(F)F)cc(F)c1=O. The van der Waals surface area contributed by atoms with Crippen LogP contribution in [0.4, 0.5) is 17.6 Å². The van der Waals surface area contributed by atoms with Crippen molar-refractivity contribution in [2.75, 3.05) is 12.9 Å². The molecule has 0 aliphatic carbocycles. The third-order valence-corrected chi connectivity index (χ3v) is 4.00. The van der Waals surface area contributed by atoms with Crippen LogP contribution in [0.2, 0.25) is 0 Å². The van der Waals surface area contributed by atoms with Crippen LogP contribution in [0, 0.1) is 5.82 Å². The number of nitrogens with zero attached hydrogens (tertiary/aromatic N) is 1. The first kappa shape index (κ1) is 19.3. The van der Waals surface area contributed by atoms with Crippen LogP contribution in [0.15, 0.2) is 35.3 Å². The second-order valence-electron chi connectivity index (χ2n) is 5.44. The summed E-state index contributed by atoms with van der Waals surface area (Å²) in [5, 5.41) is 0. The van der Waals surface area contributed by atoms with Crippen molar-refractivity contribution in [3.63, 3.8) is 0 Å². The van der Waals surface area contributed by atoms with Gasteiger partial charge in [0.2, 0.25) is 0 Å². The molecule has 9 heteroatoms. The molecule has 0 fully saturated rings. The van der Waals surface area contributed by atoms with Gasteiger partial charge in [-0.15, -0.1) is 0 Å². The van der Waals surface area contributed by atoms with Gasteiger partial charge in [0.25, 0.3) is 5.56 Å². The van der Waals surface area contributed by atoms with Crippen molar-refractivity contribution in [2.45, 2.75) is 11.9 Å². The van der Waals surface area contributed by atoms with Crippen LogP contribution >= 0.6 is 0 Å². The smallest absolute Gasteiger partial charge is 0.422 e. The highest BCUT2D eigenvalue weighted by atomic mass is 32.2. The van der Waals surface area contributed by atoms with Gasteiger partial charge in [-0.25, -0.2) is 4.39 Å². The van der Waals surface area contributed by atoms with Crippen molar-refractivity contribution in [1.82, 2.24) is 4.57 Å². The number of aromatic nitrogens is 1. The first-order valence-corrected chi connectivity index (χ1v) is 8.78. The van der Waals surface area contributed by atoms with Crippen LogP contribution in [0.3, 0.4) is 0 Å². The lowest BCUT2D eigenvalue weighted by atomic mass is 10.0. The fourth-order valence-corrected chi connectivity index (χ4v) is 2.88. The monoisotopic (exact) mass is 377 g/mol. The Kier molecular flexibility index (Phi) is 5.79. The van der Waals surface area contributed by atoms with Crippen molar-refractivity contribution in [1.29, 1.82) is 0 Å². The predicted molar refractivity (Wildman–Crippen MR) is 86.4 cm³/mol. The summed E-state index contributed by atoms with van der Waals surface area (Å²) in [5.74, 6) is -0.965. The minimum atomic E-state index is -4.53. The van der Waals surface area contributed by atoms with Gasteiger partial charge in [0.1, 0.15) is 11.5 Å². The maximum Gasteiger partial charge on any atom is 0.422 e. The van der Waals surface area contributed by atoms with Crippen LogP contribution in [-0.2, 0) is 24.0 Å². The molecule has 0 N–H and O–H groups in total. The Labute approximate surface area is 144 Å². The number of halogens is 4. The van der Waals surface area contributed by atoms with E-state index in [0.29, 0.717) is 5.56 Å². The number of pyridine rings is 1. The molecular weight excluding hydrogens is 362 g/mol. The molecule has 136 valence electrons. The van der Waals surface area contributed by atoms with E-state index >= 15 is 0 Å². The third kappa shape index (κ3) is 5.23. The Morgan fingerprint density at radius 2 is 1.96 bits per heavy atom. The number of hydrogen-bond donors (Lipinski definition) is 0. The lowest BCUT2D eigenvalue weighted by molar-refractivity contribution is -0.153. The number of aryl methyl sites for hydroxylation is 1. The Bertz CT molecular complexity index is 792. The number of benzene rings is 1. The zero-order valence-corrected chi connectivity index (χ0v) is 14.2. The van der Waals surface area contributed by atoms with Crippen molar-refractivity contribution < 1.29 is 26.9 Å². The van der Waals surface area contributed by atoms with E-state index in [-0.39, 0.29) is 22.6 Å². The molecule has 0 aliphatic heterocycles. The Balaban J connectivity index is 2.52. The summed E-state index contributed by atoms with van der Waals surface area (Å²) < 4.78 is 68.2. The molecule has 0 spiro atoms. The number of ether oxygens (including phenoxy) is 1. The zero-order valence-electron chi connectivity index (χ0n) is 13.4. The molecular formula is C16H15F4NO3S. The van der Waals surface area contributed by atoms with Gasteiger partial charge in [0.05, 0.1) is 6.26 Å². The van der Waals surface area contributed by atoms with E-state index in [0.717, 1.165) is 10.6 Å². The number of alkyl halides is 3. The van der Waals surface area contributed by atoms with Gasteiger partial charge in [-0.3, -0.25) is 4.79 Å². The molecule has 25 heavy (non-hydrogen) atoms. The topological polar surface area (TPSA) is 54.3 Å². The van der Waals surface area contributed by atoms with E-state index in [1.807, 2.05) is 0 Å². The van der Waals surface area contributed by atoms with E-state index < -0.39 is 35.3 Å². The lowest BCUT2D eigenvalue weighted by Crippen LogP contribution is -2.20. The van der Waals surface area contributed by atoms with Crippen molar-refractivity contribution in [2.24, 2.45) is 7.05 Å². The van der Waals surface area contributed by atoms with Crippen molar-refractivity contribution >= 4 is 11.2 Å². The maximum atomic E-state index is 13.7. The van der Waals surface area contributed by atoms with Gasteiger partial charge in [0.15, 0.2) is 12.4 Å². The van der Waals surface area contributed by atoms with E-state index in [9.17, 15) is 26.9 Å². The van der Waals surface area contributed by atoms with Gasteiger partial charge in [0, 0.05) is 29.9 Å². The molecule has 1 heterocycles. The molecule has 0 amide bonds. The van der Waals surface area contributed by atoms with E-state index in [1.165, 1.54) is 37.7 Å². The van der Waals surface area contributed by atoms with Crippen molar-refractivity contribution in [3.05, 3.63) is 52.2 Å². The first-order valence-electron chi connectivity index (χ1n) is 7.06. The highest BCUT2D eigenvalue weighted by molar-refractivity contribution is 7.89. The fraction of sp³-hybridized carbons (Fsp3) is 0.312. The fourth-order valence-electron chi connectivity index (χ4n) is 2.23. The molecule has 1 aromatic heterocycles. The summed E-state index contributed by atoms with van der Waals surface area (Å²) in [6.07, 6.45) is -1.75. The highest BCUT2D eigenvalue weighted by Gasteiger charge is 2.29. The molecule has 4 nitrogen and oxygen atoms in total. The molecule has 0 saturated heterocycles. The molecule has 1 aromatic carbocycles. The molecule has 0 bridgehead atoms. The van der Waals surface area contributed by atoms with Crippen LogP contribution in [0.25, 0.3) is 11.1 Å². The highest BCUT2D eigenvalue weighted by Crippen LogP contribution is 2.32. The van der Waals surface area contributed by atoms with E-state index in [2.05, 4.69) is 0 Å². The van der Waals surface area contributed by atoms with Crippen molar-refractivity contribution in [3.8, 4) is 16.9 Å².